The third-order valence-electron chi connectivity index (χ3n) is 5.08. The topological polar surface area (TPSA) is 60.3 Å². The number of thioether (sulfide) groups is 1. The van der Waals surface area contributed by atoms with Crippen LogP contribution in [0.2, 0.25) is 0 Å². The van der Waals surface area contributed by atoms with Crippen LogP contribution in [0, 0.1) is 0 Å². The van der Waals surface area contributed by atoms with Crippen LogP contribution in [0.15, 0.2) is 57.0 Å². The fourth-order valence-electron chi connectivity index (χ4n) is 3.61. The largest absolute Gasteiger partial charge is 0.372 e. The summed E-state index contributed by atoms with van der Waals surface area (Å²) >= 11 is 4.90. The molecule has 2 aromatic rings. The van der Waals surface area contributed by atoms with Crippen LogP contribution in [0.4, 0.5) is 5.69 Å². The molecule has 1 amide bonds. The first-order chi connectivity index (χ1) is 14.0. The maximum absolute atomic E-state index is 12.9. The number of benzene rings is 2. The molecule has 0 saturated heterocycles. The van der Waals surface area contributed by atoms with E-state index in [-0.39, 0.29) is 5.91 Å². The molecule has 0 aliphatic carbocycles. The highest BCUT2D eigenvalue weighted by Gasteiger charge is 2.34. The fourth-order valence-corrected chi connectivity index (χ4v) is 4.33. The molecule has 0 bridgehead atoms. The van der Waals surface area contributed by atoms with Gasteiger partial charge in [0.1, 0.15) is 5.70 Å². The van der Waals surface area contributed by atoms with Crippen molar-refractivity contribution in [3.8, 4) is 0 Å². The number of amides is 1. The predicted octanol–water partition coefficient (Wildman–Crippen LogP) is 2.80. The van der Waals surface area contributed by atoms with Crippen molar-refractivity contribution in [3.63, 3.8) is 0 Å². The molecule has 0 fully saturated rings. The first kappa shape index (κ1) is 20.0. The number of fused-ring (bicyclic) bond motifs is 2. The van der Waals surface area contributed by atoms with Crippen molar-refractivity contribution in [1.82, 2.24) is 10.3 Å². The SMILES string of the molecule is CCN(CC)c1ccc(C2N=c3ccc(Br)cc3=C3C(=O)NC(SC)=NN32)cc1. The van der Waals surface area contributed by atoms with E-state index in [1.54, 1.807) is 5.01 Å². The summed E-state index contributed by atoms with van der Waals surface area (Å²) in [6, 6.07) is 14.2. The smallest absolute Gasteiger partial charge is 0.276 e. The molecule has 0 spiro atoms. The average Bonchev–Trinajstić information content (AvgIpc) is 2.74. The maximum atomic E-state index is 12.9. The number of carbonyl (C=O) groups is 1. The summed E-state index contributed by atoms with van der Waals surface area (Å²) in [5.74, 6) is -0.164. The highest BCUT2D eigenvalue weighted by atomic mass is 79.9. The van der Waals surface area contributed by atoms with E-state index >= 15 is 0 Å². The molecule has 2 aliphatic rings. The molecule has 8 heteroatoms. The Kier molecular flexibility index (Phi) is 5.65. The highest BCUT2D eigenvalue weighted by Crippen LogP contribution is 2.31. The summed E-state index contributed by atoms with van der Waals surface area (Å²) in [5, 5.41) is 11.4. The van der Waals surface area contributed by atoms with E-state index < -0.39 is 6.17 Å². The van der Waals surface area contributed by atoms with E-state index in [4.69, 9.17) is 4.99 Å². The van der Waals surface area contributed by atoms with E-state index in [0.717, 1.165) is 33.7 Å². The van der Waals surface area contributed by atoms with Crippen molar-refractivity contribution in [2.24, 2.45) is 10.1 Å². The summed E-state index contributed by atoms with van der Waals surface area (Å²) < 4.78 is 0.897. The number of hydrazone groups is 1. The Labute approximate surface area is 182 Å². The minimum absolute atomic E-state index is 0.164. The predicted molar refractivity (Wildman–Crippen MR) is 122 cm³/mol. The molecule has 29 heavy (non-hydrogen) atoms. The first-order valence-corrected chi connectivity index (χ1v) is 11.5. The van der Waals surface area contributed by atoms with Gasteiger partial charge in [0, 0.05) is 28.5 Å². The molecule has 1 N–H and O–H groups in total. The van der Waals surface area contributed by atoms with Crippen LogP contribution in [0.3, 0.4) is 0 Å². The van der Waals surface area contributed by atoms with Gasteiger partial charge in [0.05, 0.1) is 5.36 Å². The molecule has 2 heterocycles. The molecule has 2 aliphatic heterocycles. The van der Waals surface area contributed by atoms with Gasteiger partial charge in [0.2, 0.25) is 0 Å². The lowest BCUT2D eigenvalue weighted by Crippen LogP contribution is -2.50. The molecular formula is C21H22BrN5OS. The van der Waals surface area contributed by atoms with E-state index in [9.17, 15) is 4.79 Å². The molecule has 6 nitrogen and oxygen atoms in total. The maximum Gasteiger partial charge on any atom is 0.276 e. The lowest BCUT2D eigenvalue weighted by atomic mass is 10.1. The Morgan fingerprint density at radius 2 is 1.90 bits per heavy atom. The Balaban J connectivity index is 1.86. The zero-order valence-electron chi connectivity index (χ0n) is 16.5. The van der Waals surface area contributed by atoms with Gasteiger partial charge in [0.15, 0.2) is 11.3 Å². The van der Waals surface area contributed by atoms with Gasteiger partial charge in [-0.1, -0.05) is 39.8 Å². The van der Waals surface area contributed by atoms with Crippen molar-refractivity contribution >= 4 is 50.2 Å². The molecule has 0 aromatic heterocycles. The second kappa shape index (κ2) is 8.20. The molecule has 4 rings (SSSR count). The van der Waals surface area contributed by atoms with Crippen LogP contribution in [-0.4, -0.2) is 35.4 Å². The second-order valence-corrected chi connectivity index (χ2v) is 8.40. The number of hydrogen-bond acceptors (Lipinski definition) is 6. The van der Waals surface area contributed by atoms with Crippen LogP contribution in [0.25, 0.3) is 5.70 Å². The van der Waals surface area contributed by atoms with Gasteiger partial charge >= 0.3 is 0 Å². The first-order valence-electron chi connectivity index (χ1n) is 9.51. The van der Waals surface area contributed by atoms with Crippen molar-refractivity contribution < 1.29 is 4.79 Å². The van der Waals surface area contributed by atoms with Gasteiger partial charge < -0.3 is 4.90 Å². The number of anilines is 1. The van der Waals surface area contributed by atoms with Gasteiger partial charge in [-0.15, -0.1) is 5.10 Å². The summed E-state index contributed by atoms with van der Waals surface area (Å²) in [4.78, 5) is 20.2. The molecule has 1 unspecified atom stereocenters. The van der Waals surface area contributed by atoms with Crippen molar-refractivity contribution in [1.29, 1.82) is 0 Å². The van der Waals surface area contributed by atoms with Crippen LogP contribution >= 0.6 is 27.7 Å². The minimum Gasteiger partial charge on any atom is -0.372 e. The zero-order chi connectivity index (χ0) is 20.5. The number of rotatable bonds is 4. The van der Waals surface area contributed by atoms with Gasteiger partial charge in [0.25, 0.3) is 5.91 Å². The number of halogens is 1. The van der Waals surface area contributed by atoms with Gasteiger partial charge in [-0.25, -0.2) is 5.01 Å². The fraction of sp³-hybridized carbons (Fsp3) is 0.286. The number of amidine groups is 1. The standard InChI is InChI=1S/C21H22BrN5OS/c1-4-26(5-2)15-9-6-13(7-10-15)19-23-17-11-8-14(22)12-16(17)18-20(28)24-21(29-3)25-27(18)19/h6-12,19H,4-5H2,1-3H3,(H,24,25,28). The second-order valence-electron chi connectivity index (χ2n) is 6.68. The van der Waals surface area contributed by atoms with E-state index in [1.807, 2.05) is 24.5 Å². The molecule has 2 aromatic carbocycles. The normalized spacial score (nSPS) is 17.7. The number of hydrogen-bond donors (Lipinski definition) is 1. The molecule has 0 radical (unpaired) electrons. The van der Waals surface area contributed by atoms with Crippen molar-refractivity contribution in [2.75, 3.05) is 24.2 Å². The van der Waals surface area contributed by atoms with Crippen molar-refractivity contribution in [2.45, 2.75) is 20.0 Å². The van der Waals surface area contributed by atoms with Crippen molar-refractivity contribution in [3.05, 3.63) is 63.1 Å². The van der Waals surface area contributed by atoms with Gasteiger partial charge in [-0.05, 0) is 56.0 Å². The zero-order valence-corrected chi connectivity index (χ0v) is 18.9. The Morgan fingerprint density at radius 1 is 1.17 bits per heavy atom. The third kappa shape index (κ3) is 3.67. The number of nitrogens with zero attached hydrogens (tertiary/aromatic N) is 4. The summed E-state index contributed by atoms with van der Waals surface area (Å²) in [6.07, 6.45) is 1.50. The van der Waals surface area contributed by atoms with Crippen LogP contribution < -0.4 is 20.8 Å². The van der Waals surface area contributed by atoms with Crippen LogP contribution in [-0.2, 0) is 4.79 Å². The third-order valence-corrected chi connectivity index (χ3v) is 6.15. The molecule has 150 valence electrons. The number of nitrogens with one attached hydrogen (secondary N) is 1. The number of carbonyl (C=O) groups excluding carboxylic acids is 1. The Hall–Kier alpha value is -2.32. The monoisotopic (exact) mass is 471 g/mol. The summed E-state index contributed by atoms with van der Waals surface area (Å²) in [6.45, 7) is 6.21. The molecule has 1 atom stereocenters. The van der Waals surface area contributed by atoms with E-state index in [1.165, 1.54) is 17.4 Å². The lowest BCUT2D eigenvalue weighted by Gasteiger charge is -2.34. The average molecular weight is 472 g/mol. The van der Waals surface area contributed by atoms with E-state index in [2.05, 4.69) is 69.4 Å². The summed E-state index contributed by atoms with van der Waals surface area (Å²) in [5.41, 5.74) is 2.69. The Bertz CT molecular complexity index is 1100. The van der Waals surface area contributed by atoms with Gasteiger partial charge in [-0.2, -0.15) is 0 Å². The summed E-state index contributed by atoms with van der Waals surface area (Å²) in [7, 11) is 0. The highest BCUT2D eigenvalue weighted by molar-refractivity contribution is 9.10. The Morgan fingerprint density at radius 3 is 2.55 bits per heavy atom. The van der Waals surface area contributed by atoms with Crippen LogP contribution in [0.5, 0.6) is 0 Å². The minimum atomic E-state index is -0.391. The molecule has 0 saturated carbocycles. The van der Waals surface area contributed by atoms with Gasteiger partial charge in [-0.3, -0.25) is 15.1 Å². The van der Waals surface area contributed by atoms with E-state index in [0.29, 0.717) is 10.9 Å². The van der Waals surface area contributed by atoms with Crippen LogP contribution in [0.1, 0.15) is 25.6 Å². The molecular weight excluding hydrogens is 450 g/mol. The quantitative estimate of drug-likeness (QED) is 0.744. The lowest BCUT2D eigenvalue weighted by molar-refractivity contribution is -0.116.